The molecular formula is C18H26N2O. The third-order valence-corrected chi connectivity index (χ3v) is 5.46. The molecule has 2 fully saturated rings. The van der Waals surface area contributed by atoms with Gasteiger partial charge in [0.25, 0.3) is 5.91 Å². The van der Waals surface area contributed by atoms with E-state index in [9.17, 15) is 4.79 Å². The fourth-order valence-corrected chi connectivity index (χ4v) is 3.95. The average molecular weight is 286 g/mol. The number of piperidine rings is 1. The molecule has 1 saturated heterocycles. The molecule has 1 aromatic carbocycles. The molecule has 1 heterocycles. The van der Waals surface area contributed by atoms with Gasteiger partial charge in [-0.2, -0.15) is 0 Å². The lowest BCUT2D eigenvalue weighted by Gasteiger charge is -2.44. The highest BCUT2D eigenvalue weighted by atomic mass is 16.2. The van der Waals surface area contributed by atoms with Gasteiger partial charge in [0.2, 0.25) is 0 Å². The molecule has 1 aliphatic heterocycles. The highest BCUT2D eigenvalue weighted by Crippen LogP contribution is 2.44. The van der Waals surface area contributed by atoms with Gasteiger partial charge in [-0.05, 0) is 48.8 Å². The predicted octanol–water partition coefficient (Wildman–Crippen LogP) is 3.33. The fraction of sp³-hybridized carbons (Fsp3) is 0.611. The number of hydrogen-bond donors (Lipinski definition) is 1. The van der Waals surface area contributed by atoms with Crippen molar-refractivity contribution >= 4 is 5.91 Å². The first-order valence-corrected chi connectivity index (χ1v) is 8.31. The molecule has 0 unspecified atom stereocenters. The zero-order chi connectivity index (χ0) is 14.7. The van der Waals surface area contributed by atoms with Crippen LogP contribution in [0.2, 0.25) is 0 Å². The molecule has 0 aromatic heterocycles. The number of carbonyl (C=O) groups excluding carboxylic acids is 1. The van der Waals surface area contributed by atoms with Crippen LogP contribution in [0.15, 0.2) is 24.3 Å². The zero-order valence-electron chi connectivity index (χ0n) is 12.8. The summed E-state index contributed by atoms with van der Waals surface area (Å²) in [5, 5.41) is 0. The van der Waals surface area contributed by atoms with Gasteiger partial charge in [0, 0.05) is 25.2 Å². The summed E-state index contributed by atoms with van der Waals surface area (Å²) in [6.45, 7) is 2.38. The molecule has 1 amide bonds. The van der Waals surface area contributed by atoms with Crippen molar-refractivity contribution in [2.24, 2.45) is 11.1 Å². The average Bonchev–Trinajstić information content (AvgIpc) is 2.56. The second-order valence-electron chi connectivity index (χ2n) is 6.75. The number of nitrogens with zero attached hydrogens (tertiary/aromatic N) is 1. The van der Waals surface area contributed by atoms with E-state index in [1.165, 1.54) is 44.9 Å². The van der Waals surface area contributed by atoms with Crippen molar-refractivity contribution in [1.29, 1.82) is 0 Å². The molecule has 114 valence electrons. The molecule has 2 aliphatic rings. The van der Waals surface area contributed by atoms with Crippen LogP contribution in [0.3, 0.4) is 0 Å². The van der Waals surface area contributed by atoms with Crippen LogP contribution < -0.4 is 5.73 Å². The van der Waals surface area contributed by atoms with Gasteiger partial charge in [-0.3, -0.25) is 4.79 Å². The van der Waals surface area contributed by atoms with Gasteiger partial charge in [-0.1, -0.05) is 31.4 Å². The first-order valence-electron chi connectivity index (χ1n) is 8.31. The lowest BCUT2D eigenvalue weighted by atomic mass is 9.68. The molecule has 1 spiro atoms. The van der Waals surface area contributed by atoms with Crippen molar-refractivity contribution in [2.75, 3.05) is 13.1 Å². The standard InChI is InChI=1S/C18H26N2O/c19-14-15-4-6-16(7-5-15)17(21)20-12-10-18(11-13-20)8-2-1-3-9-18/h4-7H,1-3,8-14,19H2. The monoisotopic (exact) mass is 286 g/mol. The lowest BCUT2D eigenvalue weighted by molar-refractivity contribution is 0.0472. The molecule has 1 saturated carbocycles. The van der Waals surface area contributed by atoms with Gasteiger partial charge in [-0.25, -0.2) is 0 Å². The number of benzene rings is 1. The smallest absolute Gasteiger partial charge is 0.253 e. The molecule has 3 nitrogen and oxygen atoms in total. The highest BCUT2D eigenvalue weighted by Gasteiger charge is 2.36. The van der Waals surface area contributed by atoms with Crippen LogP contribution in [0.5, 0.6) is 0 Å². The Hall–Kier alpha value is -1.35. The Labute approximate surface area is 127 Å². The molecule has 0 atom stereocenters. The SMILES string of the molecule is NCc1ccc(C(=O)N2CCC3(CCCCC3)CC2)cc1. The maximum Gasteiger partial charge on any atom is 0.253 e. The molecule has 21 heavy (non-hydrogen) atoms. The fourth-order valence-electron chi connectivity index (χ4n) is 3.95. The van der Waals surface area contributed by atoms with Crippen LogP contribution in [0.4, 0.5) is 0 Å². The van der Waals surface area contributed by atoms with Crippen LogP contribution >= 0.6 is 0 Å². The van der Waals surface area contributed by atoms with E-state index in [1.807, 2.05) is 29.2 Å². The quantitative estimate of drug-likeness (QED) is 0.906. The number of nitrogens with two attached hydrogens (primary N) is 1. The summed E-state index contributed by atoms with van der Waals surface area (Å²) in [5.41, 5.74) is 8.03. The van der Waals surface area contributed by atoms with Crippen LogP contribution in [-0.4, -0.2) is 23.9 Å². The molecule has 0 bridgehead atoms. The summed E-state index contributed by atoms with van der Waals surface area (Å²) in [5.74, 6) is 0.184. The predicted molar refractivity (Wildman–Crippen MR) is 85.0 cm³/mol. The topological polar surface area (TPSA) is 46.3 Å². The van der Waals surface area contributed by atoms with Gasteiger partial charge >= 0.3 is 0 Å². The summed E-state index contributed by atoms with van der Waals surface area (Å²) < 4.78 is 0. The van der Waals surface area contributed by atoms with Crippen LogP contribution in [0.25, 0.3) is 0 Å². The molecule has 2 N–H and O–H groups in total. The second-order valence-corrected chi connectivity index (χ2v) is 6.75. The van der Waals surface area contributed by atoms with Gasteiger partial charge in [0.15, 0.2) is 0 Å². The number of carbonyl (C=O) groups is 1. The van der Waals surface area contributed by atoms with Crippen molar-refractivity contribution in [2.45, 2.75) is 51.5 Å². The number of likely N-dealkylation sites (tertiary alicyclic amines) is 1. The first kappa shape index (κ1) is 14.6. The van der Waals surface area contributed by atoms with Crippen molar-refractivity contribution in [1.82, 2.24) is 4.90 Å². The van der Waals surface area contributed by atoms with E-state index >= 15 is 0 Å². The maximum atomic E-state index is 12.6. The van der Waals surface area contributed by atoms with Gasteiger partial charge < -0.3 is 10.6 Å². The van der Waals surface area contributed by atoms with Crippen molar-refractivity contribution in [3.63, 3.8) is 0 Å². The zero-order valence-corrected chi connectivity index (χ0v) is 12.8. The Morgan fingerprint density at radius 1 is 1.00 bits per heavy atom. The third kappa shape index (κ3) is 3.13. The first-order chi connectivity index (χ1) is 10.2. The summed E-state index contributed by atoms with van der Waals surface area (Å²) in [4.78, 5) is 14.6. The molecule has 3 rings (SSSR count). The Morgan fingerprint density at radius 3 is 2.19 bits per heavy atom. The normalized spacial score (nSPS) is 21.5. The number of hydrogen-bond acceptors (Lipinski definition) is 2. The summed E-state index contributed by atoms with van der Waals surface area (Å²) >= 11 is 0. The minimum atomic E-state index is 0.184. The van der Waals surface area contributed by atoms with E-state index < -0.39 is 0 Å². The largest absolute Gasteiger partial charge is 0.339 e. The molecule has 1 aromatic rings. The van der Waals surface area contributed by atoms with E-state index in [0.29, 0.717) is 12.0 Å². The van der Waals surface area contributed by atoms with E-state index in [4.69, 9.17) is 5.73 Å². The van der Waals surface area contributed by atoms with Gasteiger partial charge in [-0.15, -0.1) is 0 Å². The molecule has 1 aliphatic carbocycles. The van der Waals surface area contributed by atoms with E-state index in [1.54, 1.807) is 0 Å². The van der Waals surface area contributed by atoms with E-state index in [2.05, 4.69) is 0 Å². The summed E-state index contributed by atoms with van der Waals surface area (Å²) in [6, 6.07) is 7.74. The Kier molecular flexibility index (Phi) is 4.29. The summed E-state index contributed by atoms with van der Waals surface area (Å²) in [6.07, 6.45) is 9.31. The van der Waals surface area contributed by atoms with E-state index in [-0.39, 0.29) is 5.91 Å². The van der Waals surface area contributed by atoms with Crippen molar-refractivity contribution < 1.29 is 4.79 Å². The molecule has 3 heteroatoms. The minimum absolute atomic E-state index is 0.184. The Balaban J connectivity index is 1.61. The minimum Gasteiger partial charge on any atom is -0.339 e. The van der Waals surface area contributed by atoms with Crippen LogP contribution in [0.1, 0.15) is 60.9 Å². The second kappa shape index (κ2) is 6.18. The lowest BCUT2D eigenvalue weighted by Crippen LogP contribution is -2.43. The molecular weight excluding hydrogens is 260 g/mol. The van der Waals surface area contributed by atoms with Crippen molar-refractivity contribution in [3.05, 3.63) is 35.4 Å². The Bertz CT molecular complexity index is 478. The third-order valence-electron chi connectivity index (χ3n) is 5.46. The highest BCUT2D eigenvalue weighted by molar-refractivity contribution is 5.94. The van der Waals surface area contributed by atoms with Crippen molar-refractivity contribution in [3.8, 4) is 0 Å². The maximum absolute atomic E-state index is 12.6. The number of rotatable bonds is 2. The summed E-state index contributed by atoms with van der Waals surface area (Å²) in [7, 11) is 0. The van der Waals surface area contributed by atoms with Gasteiger partial charge in [0.1, 0.15) is 0 Å². The van der Waals surface area contributed by atoms with Crippen LogP contribution in [-0.2, 0) is 6.54 Å². The van der Waals surface area contributed by atoms with E-state index in [0.717, 1.165) is 24.2 Å². The Morgan fingerprint density at radius 2 is 1.62 bits per heavy atom. The number of amides is 1. The molecule has 0 radical (unpaired) electrons. The van der Waals surface area contributed by atoms with Gasteiger partial charge in [0.05, 0.1) is 0 Å². The van der Waals surface area contributed by atoms with Crippen LogP contribution in [0, 0.1) is 5.41 Å².